The van der Waals surface area contributed by atoms with E-state index in [-0.39, 0.29) is 19.1 Å². The van der Waals surface area contributed by atoms with E-state index < -0.39 is 20.0 Å². The van der Waals surface area contributed by atoms with Gasteiger partial charge in [0.1, 0.15) is 13.2 Å². The third kappa shape index (κ3) is 39.9. The van der Waals surface area contributed by atoms with Crippen LogP contribution >= 0.6 is 7.82 Å². The molecule has 0 fully saturated rings. The fourth-order valence-electron chi connectivity index (χ4n) is 5.67. The number of carbonyl (C=O) groups is 1. The van der Waals surface area contributed by atoms with E-state index in [9.17, 15) is 19.4 Å². The first-order chi connectivity index (χ1) is 27.0. The van der Waals surface area contributed by atoms with Crippen LogP contribution in [0.5, 0.6) is 0 Å². The Labute approximate surface area is 344 Å². The van der Waals surface area contributed by atoms with Gasteiger partial charge in [-0.25, -0.2) is 4.57 Å². The molecule has 0 heterocycles. The molecular weight excluding hydrogens is 719 g/mol. The van der Waals surface area contributed by atoms with Crippen LogP contribution in [0.3, 0.4) is 0 Å². The molecule has 1 amide bonds. The number of nitrogens with one attached hydrogen (secondary N) is 1. The highest BCUT2D eigenvalue weighted by atomic mass is 31.2. The van der Waals surface area contributed by atoms with E-state index >= 15 is 0 Å². The van der Waals surface area contributed by atoms with Crippen molar-refractivity contribution in [3.05, 3.63) is 85.1 Å². The SMILES string of the molecule is CC/C=C\C/C=C\C/C=C\C/C=C\C/C=C\C/C=C\C/C=C\CCCCCCCCCC(=O)NC(COP(=O)(O)OCC[N+](C)(C)C)C(O)CCCCCCC. The van der Waals surface area contributed by atoms with E-state index in [4.69, 9.17) is 9.05 Å². The van der Waals surface area contributed by atoms with Gasteiger partial charge in [0.2, 0.25) is 5.91 Å². The lowest BCUT2D eigenvalue weighted by Crippen LogP contribution is -2.46. The van der Waals surface area contributed by atoms with Gasteiger partial charge in [0.15, 0.2) is 0 Å². The van der Waals surface area contributed by atoms with Crippen molar-refractivity contribution in [1.29, 1.82) is 0 Å². The number of aliphatic hydroxyl groups is 1. The van der Waals surface area contributed by atoms with Crippen molar-refractivity contribution in [1.82, 2.24) is 5.32 Å². The number of aliphatic hydroxyl groups excluding tert-OH is 1. The fourth-order valence-corrected chi connectivity index (χ4v) is 6.41. The maximum atomic E-state index is 12.8. The molecule has 3 unspecified atom stereocenters. The topological polar surface area (TPSA) is 105 Å². The summed E-state index contributed by atoms with van der Waals surface area (Å²) in [6.45, 7) is 4.64. The Balaban J connectivity index is 4.08. The highest BCUT2D eigenvalue weighted by Crippen LogP contribution is 2.43. The number of likely N-dealkylation sites (N-methyl/N-ethyl adjacent to an activating group) is 1. The summed E-state index contributed by atoms with van der Waals surface area (Å²) in [4.78, 5) is 22.9. The highest BCUT2D eigenvalue weighted by Gasteiger charge is 2.28. The molecule has 0 bridgehead atoms. The van der Waals surface area contributed by atoms with E-state index in [0.29, 0.717) is 23.9 Å². The molecule has 0 saturated carbocycles. The van der Waals surface area contributed by atoms with Crippen molar-refractivity contribution in [2.24, 2.45) is 0 Å². The number of allylic oxidation sites excluding steroid dienone is 14. The Kier molecular flexibility index (Phi) is 36.6. The number of hydrogen-bond donors (Lipinski definition) is 3. The average molecular weight is 804 g/mol. The van der Waals surface area contributed by atoms with Gasteiger partial charge in [-0.15, -0.1) is 0 Å². The third-order valence-corrected chi connectivity index (χ3v) is 10.1. The van der Waals surface area contributed by atoms with Crippen LogP contribution in [-0.2, 0) is 18.4 Å². The molecule has 3 atom stereocenters. The number of nitrogens with zero attached hydrogens (tertiary/aromatic N) is 1. The van der Waals surface area contributed by atoms with Gasteiger partial charge in [-0.2, -0.15) is 0 Å². The largest absolute Gasteiger partial charge is 0.472 e. The number of rotatable bonds is 38. The van der Waals surface area contributed by atoms with Crippen LogP contribution in [0.1, 0.15) is 155 Å². The lowest BCUT2D eigenvalue weighted by molar-refractivity contribution is -0.870. The molecule has 9 heteroatoms. The molecule has 0 spiro atoms. The summed E-state index contributed by atoms with van der Waals surface area (Å²) >= 11 is 0. The molecule has 0 aromatic carbocycles. The molecule has 3 N–H and O–H groups in total. The van der Waals surface area contributed by atoms with E-state index in [2.05, 4.69) is 104 Å². The maximum Gasteiger partial charge on any atom is 0.472 e. The lowest BCUT2D eigenvalue weighted by atomic mass is 10.0. The summed E-state index contributed by atoms with van der Waals surface area (Å²) in [6.07, 6.45) is 52.3. The van der Waals surface area contributed by atoms with Gasteiger partial charge in [0.05, 0.1) is 39.9 Å². The van der Waals surface area contributed by atoms with Crippen LogP contribution in [0.4, 0.5) is 0 Å². The number of carbonyl (C=O) groups excluding carboxylic acids is 1. The Morgan fingerprint density at radius 3 is 1.57 bits per heavy atom. The van der Waals surface area contributed by atoms with Crippen molar-refractivity contribution in [2.75, 3.05) is 40.9 Å². The second kappa shape index (κ2) is 38.2. The van der Waals surface area contributed by atoms with Crippen LogP contribution in [0, 0.1) is 0 Å². The molecule has 0 radical (unpaired) electrons. The zero-order valence-electron chi connectivity index (χ0n) is 36.3. The third-order valence-electron chi connectivity index (χ3n) is 9.16. The highest BCUT2D eigenvalue weighted by molar-refractivity contribution is 7.47. The zero-order chi connectivity index (χ0) is 41.4. The average Bonchev–Trinajstić information content (AvgIpc) is 3.15. The Bertz CT molecular complexity index is 1180. The fraction of sp³-hybridized carbons (Fsp3) is 0.681. The van der Waals surface area contributed by atoms with Crippen LogP contribution in [0.2, 0.25) is 0 Å². The van der Waals surface area contributed by atoms with E-state index in [0.717, 1.165) is 109 Å². The quantitative estimate of drug-likeness (QED) is 0.0248. The first kappa shape index (κ1) is 53.7. The van der Waals surface area contributed by atoms with Crippen molar-refractivity contribution >= 4 is 13.7 Å². The predicted molar refractivity (Wildman–Crippen MR) is 239 cm³/mol. The van der Waals surface area contributed by atoms with Crippen molar-refractivity contribution in [2.45, 2.75) is 167 Å². The van der Waals surface area contributed by atoms with Crippen LogP contribution in [-0.4, -0.2) is 73.4 Å². The van der Waals surface area contributed by atoms with E-state index in [1.54, 1.807) is 0 Å². The number of quaternary nitrogens is 1. The molecule has 0 aromatic heterocycles. The van der Waals surface area contributed by atoms with Gasteiger partial charge < -0.3 is 19.8 Å². The molecule has 0 aliphatic heterocycles. The Morgan fingerprint density at radius 2 is 1.07 bits per heavy atom. The lowest BCUT2D eigenvalue weighted by Gasteiger charge is -2.26. The molecule has 0 rings (SSSR count). The molecule has 0 saturated heterocycles. The van der Waals surface area contributed by atoms with Gasteiger partial charge in [0, 0.05) is 6.42 Å². The number of unbranched alkanes of at least 4 members (excludes halogenated alkanes) is 11. The second-order valence-electron chi connectivity index (χ2n) is 15.7. The smallest absolute Gasteiger partial charge is 0.391 e. The molecule has 0 aliphatic carbocycles. The number of amides is 1. The minimum atomic E-state index is -4.31. The maximum absolute atomic E-state index is 12.8. The summed E-state index contributed by atoms with van der Waals surface area (Å²) in [6, 6.07) is -0.768. The van der Waals surface area contributed by atoms with Crippen molar-refractivity contribution < 1.29 is 32.9 Å². The monoisotopic (exact) mass is 804 g/mol. The predicted octanol–water partition coefficient (Wildman–Crippen LogP) is 12.2. The number of hydrogen-bond acceptors (Lipinski definition) is 5. The Morgan fingerprint density at radius 1 is 0.625 bits per heavy atom. The first-order valence-corrected chi connectivity index (χ1v) is 23.4. The van der Waals surface area contributed by atoms with Gasteiger partial charge in [-0.3, -0.25) is 13.8 Å². The summed E-state index contributed by atoms with van der Waals surface area (Å²) in [7, 11) is 1.58. The van der Waals surface area contributed by atoms with Gasteiger partial charge in [-0.1, -0.05) is 163 Å². The van der Waals surface area contributed by atoms with Crippen molar-refractivity contribution in [3.63, 3.8) is 0 Å². The first-order valence-electron chi connectivity index (χ1n) is 22.0. The minimum Gasteiger partial charge on any atom is -0.391 e. The van der Waals surface area contributed by atoms with Gasteiger partial charge >= 0.3 is 7.82 Å². The Hall–Kier alpha value is -2.32. The summed E-state index contributed by atoms with van der Waals surface area (Å²) in [5, 5.41) is 13.7. The minimum absolute atomic E-state index is 0.0665. The van der Waals surface area contributed by atoms with Crippen LogP contribution in [0.25, 0.3) is 0 Å². The van der Waals surface area contributed by atoms with Gasteiger partial charge in [0.25, 0.3) is 0 Å². The number of phosphoric acid groups is 1. The summed E-state index contributed by atoms with van der Waals surface area (Å²) in [5.74, 6) is -0.168. The van der Waals surface area contributed by atoms with E-state index in [1.807, 2.05) is 21.1 Å². The summed E-state index contributed by atoms with van der Waals surface area (Å²) < 4.78 is 23.4. The normalized spacial score (nSPS) is 15.2. The van der Waals surface area contributed by atoms with Gasteiger partial charge in [-0.05, 0) is 70.6 Å². The van der Waals surface area contributed by atoms with Crippen LogP contribution in [0.15, 0.2) is 85.1 Å². The standard InChI is InChI=1S/C47H83N2O6P/c1-6-8-10-12-13-14-15-16-17-18-19-20-21-22-23-24-25-26-27-28-29-30-31-32-33-34-35-37-39-41-47(51)48-45(46(50)40-38-36-11-9-7-2)44-55-56(52,53)54-43-42-49(3,4)5/h8,10,13-14,16-17,19-20,22-23,25-26,28-29,45-46,50H,6-7,9,11-12,15,18,21,24,27,30-44H2,1-5H3,(H-,48,51,52,53)/p+1/b10-8-,14-13-,17-16-,20-19-,23-22-,26-25-,29-28-. The zero-order valence-corrected chi connectivity index (χ0v) is 37.2. The molecule has 8 nitrogen and oxygen atoms in total. The number of phosphoric ester groups is 1. The van der Waals surface area contributed by atoms with Crippen molar-refractivity contribution in [3.8, 4) is 0 Å². The molecule has 0 aliphatic rings. The molecule has 322 valence electrons. The van der Waals surface area contributed by atoms with E-state index in [1.165, 1.54) is 19.3 Å². The molecule has 0 aromatic rings. The van der Waals surface area contributed by atoms with Crippen LogP contribution < -0.4 is 5.32 Å². The molecule has 56 heavy (non-hydrogen) atoms. The summed E-state index contributed by atoms with van der Waals surface area (Å²) in [5.41, 5.74) is 0. The molecular formula is C47H84N2O6P+. The second-order valence-corrected chi connectivity index (χ2v) is 17.1.